The van der Waals surface area contributed by atoms with Crippen LogP contribution in [-0.4, -0.2) is 14.8 Å². The van der Waals surface area contributed by atoms with Crippen molar-refractivity contribution < 1.29 is 0 Å². The van der Waals surface area contributed by atoms with E-state index in [2.05, 4.69) is 10.1 Å². The van der Waals surface area contributed by atoms with Gasteiger partial charge in [0.2, 0.25) is 0 Å². The molecular formula is C7H5Cl2N3. The van der Waals surface area contributed by atoms with Gasteiger partial charge >= 0.3 is 0 Å². The molecule has 0 radical (unpaired) electrons. The van der Waals surface area contributed by atoms with Gasteiger partial charge in [0.25, 0.3) is 0 Å². The molecule has 62 valence electrons. The molecule has 0 unspecified atom stereocenters. The second-order valence-corrected chi connectivity index (χ2v) is 3.22. The van der Waals surface area contributed by atoms with Crippen molar-refractivity contribution in [3.05, 3.63) is 22.6 Å². The van der Waals surface area contributed by atoms with Gasteiger partial charge in [0.1, 0.15) is 10.3 Å². The Morgan fingerprint density at radius 3 is 2.92 bits per heavy atom. The highest BCUT2D eigenvalue weighted by Gasteiger charge is 2.05. The normalized spacial score (nSPS) is 10.9. The minimum Gasteiger partial charge on any atom is -0.274 e. The van der Waals surface area contributed by atoms with Crippen molar-refractivity contribution in [2.75, 3.05) is 0 Å². The van der Waals surface area contributed by atoms with Gasteiger partial charge in [0.05, 0.1) is 10.9 Å². The number of nitrogens with zero attached hydrogens (tertiary/aromatic N) is 3. The smallest absolute Gasteiger partial charge is 0.141 e. The highest BCUT2D eigenvalue weighted by molar-refractivity contribution is 6.36. The number of aryl methyl sites for hydroxylation is 1. The number of pyridine rings is 1. The van der Waals surface area contributed by atoms with Gasteiger partial charge in [0, 0.05) is 19.3 Å². The molecule has 0 N–H and O–H groups in total. The van der Waals surface area contributed by atoms with E-state index < -0.39 is 0 Å². The third-order valence-electron chi connectivity index (χ3n) is 1.54. The number of fused-ring (bicyclic) bond motifs is 1. The Balaban J connectivity index is 2.88. The molecule has 0 atom stereocenters. The van der Waals surface area contributed by atoms with Crippen LogP contribution in [0, 0.1) is 0 Å². The van der Waals surface area contributed by atoms with Crippen molar-refractivity contribution in [3.8, 4) is 0 Å². The van der Waals surface area contributed by atoms with Crippen molar-refractivity contribution in [2.45, 2.75) is 0 Å². The molecule has 2 heterocycles. The van der Waals surface area contributed by atoms with Gasteiger partial charge in [-0.2, -0.15) is 5.10 Å². The Morgan fingerprint density at radius 2 is 2.17 bits per heavy atom. The third kappa shape index (κ3) is 1.15. The monoisotopic (exact) mass is 201 g/mol. The Hall–Kier alpha value is -0.800. The summed E-state index contributed by atoms with van der Waals surface area (Å²) < 4.78 is 1.68. The molecule has 0 saturated carbocycles. The van der Waals surface area contributed by atoms with Crippen LogP contribution in [0.3, 0.4) is 0 Å². The fourth-order valence-electron chi connectivity index (χ4n) is 1.07. The van der Waals surface area contributed by atoms with Crippen LogP contribution in [0.2, 0.25) is 10.3 Å². The van der Waals surface area contributed by atoms with Crippen LogP contribution < -0.4 is 0 Å². The summed E-state index contributed by atoms with van der Waals surface area (Å²) in [5, 5.41) is 5.73. The van der Waals surface area contributed by atoms with Gasteiger partial charge < -0.3 is 0 Å². The van der Waals surface area contributed by atoms with E-state index in [9.17, 15) is 0 Å². The van der Waals surface area contributed by atoms with Crippen molar-refractivity contribution in [2.24, 2.45) is 7.05 Å². The number of hydrogen-bond acceptors (Lipinski definition) is 2. The lowest BCUT2D eigenvalue weighted by Gasteiger charge is -1.91. The van der Waals surface area contributed by atoms with Gasteiger partial charge in [-0.3, -0.25) is 4.68 Å². The first kappa shape index (κ1) is 7.83. The second-order valence-electron chi connectivity index (χ2n) is 2.47. The summed E-state index contributed by atoms with van der Waals surface area (Å²) in [6.45, 7) is 0. The molecule has 3 nitrogen and oxygen atoms in total. The SMILES string of the molecule is Cn1cc2c(Cl)nc(Cl)cc2n1. The van der Waals surface area contributed by atoms with E-state index in [-0.39, 0.29) is 0 Å². The summed E-state index contributed by atoms with van der Waals surface area (Å²) >= 11 is 11.5. The molecule has 0 bridgehead atoms. The molecule has 0 fully saturated rings. The molecule has 5 heteroatoms. The molecule has 0 aromatic carbocycles. The van der Waals surface area contributed by atoms with Crippen LogP contribution in [0.25, 0.3) is 10.9 Å². The molecule has 2 aromatic rings. The number of rotatable bonds is 0. The van der Waals surface area contributed by atoms with Gasteiger partial charge in [0.15, 0.2) is 0 Å². The van der Waals surface area contributed by atoms with E-state index in [0.717, 1.165) is 10.9 Å². The quantitative estimate of drug-likeness (QED) is 0.613. The number of hydrogen-bond donors (Lipinski definition) is 0. The average molecular weight is 202 g/mol. The standard InChI is InChI=1S/C7H5Cl2N3/c1-12-3-4-5(11-12)2-6(8)10-7(4)9/h2-3H,1H3. The van der Waals surface area contributed by atoms with Gasteiger partial charge in [-0.25, -0.2) is 4.98 Å². The first-order chi connectivity index (χ1) is 5.66. The highest BCUT2D eigenvalue weighted by Crippen LogP contribution is 2.22. The molecule has 2 rings (SSSR count). The molecule has 0 aliphatic carbocycles. The molecule has 0 aliphatic rings. The van der Waals surface area contributed by atoms with E-state index >= 15 is 0 Å². The zero-order chi connectivity index (χ0) is 8.72. The van der Waals surface area contributed by atoms with Crippen LogP contribution in [-0.2, 0) is 7.05 Å². The lowest BCUT2D eigenvalue weighted by atomic mass is 10.3. The molecule has 12 heavy (non-hydrogen) atoms. The predicted octanol–water partition coefficient (Wildman–Crippen LogP) is 2.28. The van der Waals surface area contributed by atoms with Crippen LogP contribution in [0.4, 0.5) is 0 Å². The lowest BCUT2D eigenvalue weighted by Crippen LogP contribution is -1.84. The second kappa shape index (κ2) is 2.61. The summed E-state index contributed by atoms with van der Waals surface area (Å²) in [6, 6.07) is 1.68. The number of halogens is 2. The summed E-state index contributed by atoms with van der Waals surface area (Å²) in [5.41, 5.74) is 0.766. The average Bonchev–Trinajstić information content (AvgIpc) is 2.29. The fraction of sp³-hybridized carbons (Fsp3) is 0.143. The van der Waals surface area contributed by atoms with E-state index in [4.69, 9.17) is 23.2 Å². The Morgan fingerprint density at radius 1 is 1.42 bits per heavy atom. The van der Waals surface area contributed by atoms with Crippen LogP contribution in [0.15, 0.2) is 12.3 Å². The van der Waals surface area contributed by atoms with Gasteiger partial charge in [-0.15, -0.1) is 0 Å². The zero-order valence-corrected chi connectivity index (χ0v) is 7.76. The zero-order valence-electron chi connectivity index (χ0n) is 6.25. The van der Waals surface area contributed by atoms with E-state index in [0.29, 0.717) is 10.3 Å². The Kier molecular flexibility index (Phi) is 1.70. The summed E-state index contributed by atoms with van der Waals surface area (Å²) in [5.74, 6) is 0. The van der Waals surface area contributed by atoms with Gasteiger partial charge in [-0.1, -0.05) is 23.2 Å². The van der Waals surface area contributed by atoms with Crippen LogP contribution >= 0.6 is 23.2 Å². The Labute approximate surface area is 78.9 Å². The maximum absolute atomic E-state index is 5.83. The maximum atomic E-state index is 5.83. The maximum Gasteiger partial charge on any atom is 0.141 e. The highest BCUT2D eigenvalue weighted by atomic mass is 35.5. The summed E-state index contributed by atoms with van der Waals surface area (Å²) in [6.07, 6.45) is 1.81. The minimum atomic E-state index is 0.367. The first-order valence-corrected chi connectivity index (χ1v) is 4.08. The summed E-state index contributed by atoms with van der Waals surface area (Å²) in [7, 11) is 1.82. The topological polar surface area (TPSA) is 30.7 Å². The van der Waals surface area contributed by atoms with E-state index in [1.165, 1.54) is 0 Å². The molecule has 2 aromatic heterocycles. The molecular weight excluding hydrogens is 197 g/mol. The van der Waals surface area contributed by atoms with Gasteiger partial charge in [-0.05, 0) is 0 Å². The predicted molar refractivity (Wildman–Crippen MR) is 48.5 cm³/mol. The third-order valence-corrected chi connectivity index (χ3v) is 2.02. The fourth-order valence-corrected chi connectivity index (χ4v) is 1.54. The largest absolute Gasteiger partial charge is 0.274 e. The van der Waals surface area contributed by atoms with Crippen LogP contribution in [0.1, 0.15) is 0 Å². The first-order valence-electron chi connectivity index (χ1n) is 3.32. The molecule has 0 spiro atoms. The molecule has 0 saturated heterocycles. The molecule has 0 aliphatic heterocycles. The van der Waals surface area contributed by atoms with E-state index in [1.54, 1.807) is 16.9 Å². The van der Waals surface area contributed by atoms with Crippen molar-refractivity contribution >= 4 is 34.1 Å². The van der Waals surface area contributed by atoms with Crippen molar-refractivity contribution in [1.82, 2.24) is 14.8 Å². The van der Waals surface area contributed by atoms with Crippen molar-refractivity contribution in [1.29, 1.82) is 0 Å². The van der Waals surface area contributed by atoms with E-state index in [1.807, 2.05) is 7.05 Å². The van der Waals surface area contributed by atoms with Crippen LogP contribution in [0.5, 0.6) is 0 Å². The van der Waals surface area contributed by atoms with Crippen molar-refractivity contribution in [3.63, 3.8) is 0 Å². The number of aromatic nitrogens is 3. The minimum absolute atomic E-state index is 0.367. The lowest BCUT2D eigenvalue weighted by molar-refractivity contribution is 0.780. The Bertz CT molecular complexity index is 435. The molecule has 0 amide bonds. The summed E-state index contributed by atoms with van der Waals surface area (Å²) in [4.78, 5) is 3.89.